The molecule has 0 amide bonds. The van der Waals surface area contributed by atoms with Crippen molar-refractivity contribution in [2.75, 3.05) is 10.6 Å². The van der Waals surface area contributed by atoms with Crippen LogP contribution in [0.25, 0.3) is 11.0 Å². The molecule has 0 aliphatic rings. The smallest absolute Gasteiger partial charge is 0.432 e. The van der Waals surface area contributed by atoms with Gasteiger partial charge < -0.3 is 19.9 Å². The fraction of sp³-hybridized carbons (Fsp3) is 0.160. The van der Waals surface area contributed by atoms with E-state index in [-0.39, 0.29) is 5.82 Å². The van der Waals surface area contributed by atoms with Gasteiger partial charge in [0.05, 0.1) is 16.1 Å². The lowest BCUT2D eigenvalue weighted by Crippen LogP contribution is -2.06. The molecule has 3 heterocycles. The van der Waals surface area contributed by atoms with Gasteiger partial charge in [0.25, 0.3) is 0 Å². The molecule has 190 valence electrons. The van der Waals surface area contributed by atoms with Crippen molar-refractivity contribution in [3.05, 3.63) is 83.1 Å². The molecule has 0 unspecified atom stereocenters. The van der Waals surface area contributed by atoms with Crippen molar-refractivity contribution in [3.63, 3.8) is 0 Å². The highest BCUT2D eigenvalue weighted by Crippen LogP contribution is 2.30. The van der Waals surface area contributed by atoms with E-state index in [1.165, 1.54) is 6.20 Å². The summed E-state index contributed by atoms with van der Waals surface area (Å²) in [4.78, 5) is 8.79. The summed E-state index contributed by atoms with van der Waals surface area (Å²) in [5, 5.41) is 12.5. The van der Waals surface area contributed by atoms with Gasteiger partial charge in [0, 0.05) is 37.1 Å². The molecule has 5 rings (SSSR count). The maximum absolute atomic E-state index is 12.8. The van der Waals surface area contributed by atoms with Crippen molar-refractivity contribution < 1.29 is 17.9 Å². The summed E-state index contributed by atoms with van der Waals surface area (Å²) < 4.78 is 46.2. The predicted molar refractivity (Wildman–Crippen MR) is 135 cm³/mol. The third-order valence-corrected chi connectivity index (χ3v) is 5.74. The molecule has 0 atom stereocenters. The Labute approximate surface area is 214 Å². The number of aromatic amines is 1. The molecule has 5 aromatic rings. The summed E-state index contributed by atoms with van der Waals surface area (Å²) in [6.07, 6.45) is -2.96. The van der Waals surface area contributed by atoms with Gasteiger partial charge in [0.15, 0.2) is 5.82 Å². The number of pyridine rings is 1. The molecule has 3 aromatic heterocycles. The molecular formula is C25H21ClF3N7O. The normalized spacial score (nSPS) is 11.6. The first-order valence-electron chi connectivity index (χ1n) is 11.3. The summed E-state index contributed by atoms with van der Waals surface area (Å²) in [5.74, 6) is 1.86. The van der Waals surface area contributed by atoms with Gasteiger partial charge in [-0.1, -0.05) is 23.7 Å². The third kappa shape index (κ3) is 5.61. The lowest BCUT2D eigenvalue weighted by Gasteiger charge is -2.10. The van der Waals surface area contributed by atoms with E-state index in [4.69, 9.17) is 16.3 Å². The van der Waals surface area contributed by atoms with Crippen LogP contribution in [0.1, 0.15) is 18.2 Å². The van der Waals surface area contributed by atoms with E-state index in [1.807, 2.05) is 53.0 Å². The second-order valence-electron chi connectivity index (χ2n) is 8.09. The van der Waals surface area contributed by atoms with E-state index >= 15 is 0 Å². The number of aryl methyl sites for hydroxylation is 1. The number of aromatic nitrogens is 5. The Morgan fingerprint density at radius 2 is 1.86 bits per heavy atom. The number of hydrogen-bond donors (Lipinski definition) is 3. The number of halogens is 4. The molecule has 0 saturated heterocycles. The molecule has 3 N–H and O–H groups in total. The van der Waals surface area contributed by atoms with E-state index in [2.05, 4.69) is 25.7 Å². The molecule has 0 fully saturated rings. The number of imidazole rings is 1. The molecule has 0 aliphatic heterocycles. The number of H-pyrrole nitrogens is 1. The van der Waals surface area contributed by atoms with Crippen molar-refractivity contribution in [3.8, 4) is 11.6 Å². The second kappa shape index (κ2) is 10.0. The number of alkyl halides is 3. The van der Waals surface area contributed by atoms with Crippen molar-refractivity contribution in [2.24, 2.45) is 0 Å². The number of fused-ring (bicyclic) bond motifs is 1. The number of anilines is 3. The van der Waals surface area contributed by atoms with Crippen LogP contribution < -0.4 is 15.4 Å². The number of nitrogens with one attached hydrogen (secondary N) is 3. The highest BCUT2D eigenvalue weighted by atomic mass is 35.5. The molecule has 0 radical (unpaired) electrons. The molecular weight excluding hydrogens is 507 g/mol. The van der Waals surface area contributed by atoms with E-state index < -0.39 is 11.9 Å². The fourth-order valence-corrected chi connectivity index (χ4v) is 3.85. The van der Waals surface area contributed by atoms with Gasteiger partial charge in [-0.2, -0.15) is 18.3 Å². The van der Waals surface area contributed by atoms with Crippen LogP contribution in [0.3, 0.4) is 0 Å². The molecule has 0 saturated carbocycles. The fourth-order valence-electron chi connectivity index (χ4n) is 3.73. The van der Waals surface area contributed by atoms with Gasteiger partial charge in [0.1, 0.15) is 11.4 Å². The summed E-state index contributed by atoms with van der Waals surface area (Å²) >= 11 is 5.85. The largest absolute Gasteiger partial charge is 0.439 e. The summed E-state index contributed by atoms with van der Waals surface area (Å²) in [6, 6.07) is 17.3. The maximum Gasteiger partial charge on any atom is 0.432 e. The minimum Gasteiger partial charge on any atom is -0.439 e. The Balaban J connectivity index is 1.27. The van der Waals surface area contributed by atoms with Crippen LogP contribution >= 0.6 is 11.6 Å². The van der Waals surface area contributed by atoms with Crippen molar-refractivity contribution >= 4 is 40.1 Å². The Morgan fingerprint density at radius 3 is 2.54 bits per heavy atom. The number of nitrogens with zero attached hydrogens (tertiary/aromatic N) is 4. The zero-order chi connectivity index (χ0) is 26.0. The zero-order valence-electron chi connectivity index (χ0n) is 19.5. The van der Waals surface area contributed by atoms with Crippen LogP contribution in [0.2, 0.25) is 5.02 Å². The van der Waals surface area contributed by atoms with Crippen LogP contribution in [0, 0.1) is 0 Å². The van der Waals surface area contributed by atoms with Crippen LogP contribution in [0.5, 0.6) is 11.6 Å². The lowest BCUT2D eigenvalue weighted by atomic mass is 10.2. The van der Waals surface area contributed by atoms with Gasteiger partial charge in [-0.15, -0.1) is 0 Å². The minimum atomic E-state index is -4.49. The Kier molecular flexibility index (Phi) is 6.62. The quantitative estimate of drug-likeness (QED) is 0.201. The molecule has 8 nitrogen and oxygen atoms in total. The monoisotopic (exact) mass is 527 g/mol. The highest BCUT2D eigenvalue weighted by molar-refractivity contribution is 6.30. The van der Waals surface area contributed by atoms with Crippen LogP contribution in [-0.4, -0.2) is 24.7 Å². The molecule has 2 aromatic carbocycles. The second-order valence-corrected chi connectivity index (χ2v) is 8.52. The predicted octanol–water partition coefficient (Wildman–Crippen LogP) is 6.99. The van der Waals surface area contributed by atoms with E-state index in [0.29, 0.717) is 41.4 Å². The van der Waals surface area contributed by atoms with Gasteiger partial charge in [-0.05, 0) is 48.9 Å². The van der Waals surface area contributed by atoms with Crippen LogP contribution in [0.4, 0.5) is 30.6 Å². The topological polar surface area (TPSA) is 92.7 Å². The van der Waals surface area contributed by atoms with Gasteiger partial charge >= 0.3 is 6.18 Å². The number of hydrogen-bond acceptors (Lipinski definition) is 6. The first-order valence-corrected chi connectivity index (χ1v) is 11.7. The Morgan fingerprint density at radius 1 is 1.05 bits per heavy atom. The summed E-state index contributed by atoms with van der Waals surface area (Å²) in [5.41, 5.74) is 2.29. The SMILES string of the molecule is CCn1c(NCc2ccc(Oc3ccc(Cl)cn3)cc2)nc2ccc(Nc3cc(C(F)(F)F)[nH]n3)cc21. The maximum atomic E-state index is 12.8. The van der Waals surface area contributed by atoms with Crippen LogP contribution in [0.15, 0.2) is 66.9 Å². The molecule has 0 spiro atoms. The third-order valence-electron chi connectivity index (χ3n) is 5.52. The first-order chi connectivity index (χ1) is 17.8. The van der Waals surface area contributed by atoms with Crippen LogP contribution in [-0.2, 0) is 19.3 Å². The lowest BCUT2D eigenvalue weighted by molar-refractivity contribution is -0.141. The average molecular weight is 528 g/mol. The number of ether oxygens (including phenoxy) is 1. The number of rotatable bonds is 8. The van der Waals surface area contributed by atoms with E-state index in [9.17, 15) is 13.2 Å². The molecule has 37 heavy (non-hydrogen) atoms. The van der Waals surface area contributed by atoms with Gasteiger partial charge in [-0.25, -0.2) is 9.97 Å². The molecule has 0 bridgehead atoms. The number of benzene rings is 2. The molecule has 0 aliphatic carbocycles. The molecule has 12 heteroatoms. The highest BCUT2D eigenvalue weighted by Gasteiger charge is 2.33. The van der Waals surface area contributed by atoms with Gasteiger partial charge in [-0.3, -0.25) is 5.10 Å². The first kappa shape index (κ1) is 24.4. The Hall–Kier alpha value is -4.25. The Bertz CT molecular complexity index is 1510. The van der Waals surface area contributed by atoms with Gasteiger partial charge in [0.2, 0.25) is 11.8 Å². The minimum absolute atomic E-state index is 0.0758. The summed E-state index contributed by atoms with van der Waals surface area (Å²) in [6.45, 7) is 3.16. The van der Waals surface area contributed by atoms with Crippen molar-refractivity contribution in [1.29, 1.82) is 0 Å². The van der Waals surface area contributed by atoms with Crippen molar-refractivity contribution in [2.45, 2.75) is 26.2 Å². The summed E-state index contributed by atoms with van der Waals surface area (Å²) in [7, 11) is 0. The standard InChI is InChI=1S/C25H21ClF3N7O/c1-2-36-20-11-17(32-22-12-21(34-35-22)25(27,28)29)6-9-19(20)33-24(36)31-13-15-3-7-18(8-4-15)37-23-10-5-16(26)14-30-23/h3-12,14H,2,13H2,1H3,(H,31,33)(H2,32,34,35). The van der Waals surface area contributed by atoms with E-state index in [1.54, 1.807) is 18.2 Å². The zero-order valence-corrected chi connectivity index (χ0v) is 20.2. The average Bonchev–Trinajstić information content (AvgIpc) is 3.49. The van der Waals surface area contributed by atoms with E-state index in [0.717, 1.165) is 22.7 Å². The van der Waals surface area contributed by atoms with Crippen molar-refractivity contribution in [1.82, 2.24) is 24.7 Å².